The lowest BCUT2D eigenvalue weighted by molar-refractivity contribution is -0.119. The molecule has 2 amide bonds. The predicted molar refractivity (Wildman–Crippen MR) is 94.2 cm³/mol. The van der Waals surface area contributed by atoms with E-state index >= 15 is 0 Å². The minimum absolute atomic E-state index is 0.0622. The van der Waals surface area contributed by atoms with Crippen molar-refractivity contribution >= 4 is 28.8 Å². The lowest BCUT2D eigenvalue weighted by Gasteiger charge is -2.24. The average Bonchev–Trinajstić information content (AvgIpc) is 3.28. The lowest BCUT2D eigenvalue weighted by atomic mass is 10.1. The molecule has 24 heavy (non-hydrogen) atoms. The Morgan fingerprint density at radius 1 is 1.29 bits per heavy atom. The Labute approximate surface area is 145 Å². The number of benzene rings is 1. The Morgan fingerprint density at radius 3 is 2.88 bits per heavy atom. The molecule has 1 saturated heterocycles. The lowest BCUT2D eigenvalue weighted by Crippen LogP contribution is -2.43. The number of nitrogens with zero attached hydrogens (tertiary/aromatic N) is 1. The van der Waals surface area contributed by atoms with Gasteiger partial charge in [-0.1, -0.05) is 24.3 Å². The summed E-state index contributed by atoms with van der Waals surface area (Å²) in [5.74, 6) is -0.200. The van der Waals surface area contributed by atoms with Crippen molar-refractivity contribution in [3.63, 3.8) is 0 Å². The SMILES string of the molecule is COCc1ccccc1NC(=O)[C@@H]1CCCN1C(=O)c1cccs1. The van der Waals surface area contributed by atoms with Crippen LogP contribution in [0.15, 0.2) is 41.8 Å². The van der Waals surface area contributed by atoms with Gasteiger partial charge in [0.25, 0.3) is 5.91 Å². The molecule has 1 aromatic heterocycles. The number of ether oxygens (including phenoxy) is 1. The van der Waals surface area contributed by atoms with E-state index in [-0.39, 0.29) is 11.8 Å². The van der Waals surface area contributed by atoms with Gasteiger partial charge in [0.2, 0.25) is 5.91 Å². The van der Waals surface area contributed by atoms with Crippen LogP contribution in [-0.2, 0) is 16.1 Å². The second-order valence-corrected chi connectivity index (χ2v) is 6.66. The van der Waals surface area contributed by atoms with E-state index in [0.717, 1.165) is 17.7 Å². The number of para-hydroxylation sites is 1. The molecule has 0 bridgehead atoms. The van der Waals surface area contributed by atoms with Crippen molar-refractivity contribution in [2.75, 3.05) is 19.0 Å². The second-order valence-electron chi connectivity index (χ2n) is 5.71. The molecule has 1 aliphatic rings. The van der Waals surface area contributed by atoms with Crippen LogP contribution in [-0.4, -0.2) is 36.4 Å². The molecule has 1 atom stereocenters. The smallest absolute Gasteiger partial charge is 0.264 e. The molecule has 1 fully saturated rings. The number of thiophene rings is 1. The van der Waals surface area contributed by atoms with Crippen LogP contribution in [0.2, 0.25) is 0 Å². The van der Waals surface area contributed by atoms with Crippen molar-refractivity contribution in [2.24, 2.45) is 0 Å². The number of hydrogen-bond donors (Lipinski definition) is 1. The van der Waals surface area contributed by atoms with Gasteiger partial charge in [0.15, 0.2) is 0 Å². The predicted octanol–water partition coefficient (Wildman–Crippen LogP) is 3.14. The van der Waals surface area contributed by atoms with E-state index in [9.17, 15) is 9.59 Å². The van der Waals surface area contributed by atoms with Crippen LogP contribution in [0.3, 0.4) is 0 Å². The van der Waals surface area contributed by atoms with Gasteiger partial charge in [0.05, 0.1) is 11.5 Å². The van der Waals surface area contributed by atoms with Crippen molar-refractivity contribution in [2.45, 2.75) is 25.5 Å². The van der Waals surface area contributed by atoms with Crippen LogP contribution in [0.1, 0.15) is 28.1 Å². The third-order valence-corrected chi connectivity index (χ3v) is 4.98. The number of rotatable bonds is 5. The van der Waals surface area contributed by atoms with Gasteiger partial charge in [-0.05, 0) is 30.4 Å². The highest BCUT2D eigenvalue weighted by molar-refractivity contribution is 7.12. The van der Waals surface area contributed by atoms with Crippen molar-refractivity contribution in [1.82, 2.24) is 4.90 Å². The summed E-state index contributed by atoms with van der Waals surface area (Å²) >= 11 is 1.41. The number of amides is 2. The van der Waals surface area contributed by atoms with Gasteiger partial charge >= 0.3 is 0 Å². The molecule has 2 heterocycles. The van der Waals surface area contributed by atoms with Crippen molar-refractivity contribution in [3.8, 4) is 0 Å². The molecule has 0 unspecified atom stereocenters. The van der Waals surface area contributed by atoms with Crippen LogP contribution in [0.25, 0.3) is 0 Å². The van der Waals surface area contributed by atoms with Crippen LogP contribution in [0, 0.1) is 0 Å². The molecule has 5 nitrogen and oxygen atoms in total. The van der Waals surface area contributed by atoms with Gasteiger partial charge in [-0.2, -0.15) is 0 Å². The van der Waals surface area contributed by atoms with E-state index in [1.807, 2.05) is 35.7 Å². The molecule has 0 radical (unpaired) electrons. The Balaban J connectivity index is 1.73. The standard InChI is InChI=1S/C18H20N2O3S/c1-23-12-13-6-2-3-7-14(13)19-17(21)15-8-4-10-20(15)18(22)16-9-5-11-24-16/h2-3,5-7,9,11,15H,4,8,10,12H2,1H3,(H,19,21)/t15-/m0/s1. The summed E-state index contributed by atoms with van der Waals surface area (Å²) in [7, 11) is 1.62. The van der Waals surface area contributed by atoms with E-state index in [2.05, 4.69) is 5.32 Å². The topological polar surface area (TPSA) is 58.6 Å². The molecule has 6 heteroatoms. The quantitative estimate of drug-likeness (QED) is 0.906. The van der Waals surface area contributed by atoms with E-state index < -0.39 is 6.04 Å². The molecule has 0 spiro atoms. The summed E-state index contributed by atoms with van der Waals surface area (Å²) in [4.78, 5) is 27.7. The van der Waals surface area contributed by atoms with Crippen molar-refractivity contribution in [1.29, 1.82) is 0 Å². The molecule has 126 valence electrons. The van der Waals surface area contributed by atoms with Gasteiger partial charge < -0.3 is 15.0 Å². The van der Waals surface area contributed by atoms with Crippen LogP contribution in [0.5, 0.6) is 0 Å². The summed E-state index contributed by atoms with van der Waals surface area (Å²) in [6.45, 7) is 1.05. The zero-order valence-electron chi connectivity index (χ0n) is 13.5. The maximum Gasteiger partial charge on any atom is 0.264 e. The first kappa shape index (κ1) is 16.7. The average molecular weight is 344 g/mol. The highest BCUT2D eigenvalue weighted by Gasteiger charge is 2.35. The van der Waals surface area contributed by atoms with Gasteiger partial charge in [0.1, 0.15) is 6.04 Å². The van der Waals surface area contributed by atoms with E-state index in [1.165, 1.54) is 11.3 Å². The molecule has 0 saturated carbocycles. The van der Waals surface area contributed by atoms with Gasteiger partial charge in [-0.3, -0.25) is 9.59 Å². The summed E-state index contributed by atoms with van der Waals surface area (Å²) in [6.07, 6.45) is 1.53. The Bertz CT molecular complexity index is 715. The zero-order chi connectivity index (χ0) is 16.9. The largest absolute Gasteiger partial charge is 0.380 e. The van der Waals surface area contributed by atoms with Crippen molar-refractivity contribution in [3.05, 3.63) is 52.2 Å². The molecule has 1 aliphatic heterocycles. The molecule has 1 N–H and O–H groups in total. The molecule has 1 aromatic carbocycles. The maximum absolute atomic E-state index is 12.7. The highest BCUT2D eigenvalue weighted by Crippen LogP contribution is 2.24. The van der Waals surface area contributed by atoms with E-state index in [4.69, 9.17) is 4.74 Å². The zero-order valence-corrected chi connectivity index (χ0v) is 14.3. The van der Waals surface area contributed by atoms with E-state index in [0.29, 0.717) is 24.4 Å². The molecule has 0 aliphatic carbocycles. The maximum atomic E-state index is 12.7. The minimum Gasteiger partial charge on any atom is -0.380 e. The number of carbonyl (C=O) groups excluding carboxylic acids is 2. The highest BCUT2D eigenvalue weighted by atomic mass is 32.1. The minimum atomic E-state index is -0.421. The number of methoxy groups -OCH3 is 1. The summed E-state index contributed by atoms with van der Waals surface area (Å²) in [6, 6.07) is 10.8. The van der Waals surface area contributed by atoms with Crippen molar-refractivity contribution < 1.29 is 14.3 Å². The van der Waals surface area contributed by atoms with Crippen LogP contribution >= 0.6 is 11.3 Å². The molecule has 3 rings (SSSR count). The third kappa shape index (κ3) is 3.49. The first-order valence-corrected chi connectivity index (χ1v) is 8.81. The fourth-order valence-electron chi connectivity index (χ4n) is 2.96. The number of likely N-dealkylation sites (tertiary alicyclic amines) is 1. The van der Waals surface area contributed by atoms with E-state index in [1.54, 1.807) is 18.1 Å². The Morgan fingerprint density at radius 2 is 2.12 bits per heavy atom. The first-order chi connectivity index (χ1) is 11.7. The third-order valence-electron chi connectivity index (χ3n) is 4.12. The fourth-order valence-corrected chi connectivity index (χ4v) is 3.64. The number of hydrogen-bond acceptors (Lipinski definition) is 4. The summed E-state index contributed by atoms with van der Waals surface area (Å²) < 4.78 is 5.17. The Hall–Kier alpha value is -2.18. The van der Waals surface area contributed by atoms with Gasteiger partial charge in [0, 0.05) is 24.9 Å². The number of nitrogens with one attached hydrogen (secondary N) is 1. The molecular formula is C18H20N2O3S. The first-order valence-electron chi connectivity index (χ1n) is 7.93. The fraction of sp³-hybridized carbons (Fsp3) is 0.333. The van der Waals surface area contributed by atoms with Crippen LogP contribution < -0.4 is 5.32 Å². The van der Waals surface area contributed by atoms with Gasteiger partial charge in [-0.25, -0.2) is 0 Å². The second kappa shape index (κ2) is 7.59. The summed E-state index contributed by atoms with van der Waals surface area (Å²) in [5.41, 5.74) is 1.65. The van der Waals surface area contributed by atoms with Crippen LogP contribution in [0.4, 0.5) is 5.69 Å². The normalized spacial score (nSPS) is 17.0. The molecule has 2 aromatic rings. The molecular weight excluding hydrogens is 324 g/mol. The summed E-state index contributed by atoms with van der Waals surface area (Å²) in [5, 5.41) is 4.83. The Kier molecular flexibility index (Phi) is 5.27. The monoisotopic (exact) mass is 344 g/mol. The number of carbonyl (C=O) groups is 2. The number of anilines is 1. The van der Waals surface area contributed by atoms with Gasteiger partial charge in [-0.15, -0.1) is 11.3 Å².